The van der Waals surface area contributed by atoms with Gasteiger partial charge in [0, 0.05) is 19.6 Å². The summed E-state index contributed by atoms with van der Waals surface area (Å²) in [5, 5.41) is 9.22. The molecule has 6 nitrogen and oxygen atoms in total. The fourth-order valence-electron chi connectivity index (χ4n) is 2.54. The Balaban J connectivity index is 2.20. The first-order chi connectivity index (χ1) is 10.7. The Morgan fingerprint density at radius 2 is 1.82 bits per heavy atom. The van der Waals surface area contributed by atoms with Crippen molar-refractivity contribution in [2.75, 3.05) is 45.8 Å². The van der Waals surface area contributed by atoms with E-state index in [-0.39, 0.29) is 12.5 Å². The Bertz CT molecular complexity index is 337. The number of likely N-dealkylation sites (tertiary alicyclic amines) is 1. The number of carbonyl (C=O) groups is 1. The summed E-state index contributed by atoms with van der Waals surface area (Å²) in [7, 11) is 0. The lowest BCUT2D eigenvalue weighted by Crippen LogP contribution is -2.40. The molecule has 0 bridgehead atoms. The normalized spacial score (nSPS) is 17.3. The highest BCUT2D eigenvalue weighted by Crippen LogP contribution is 2.15. The van der Waals surface area contributed by atoms with E-state index in [1.165, 1.54) is 25.9 Å². The second-order valence-corrected chi connectivity index (χ2v) is 5.95. The summed E-state index contributed by atoms with van der Waals surface area (Å²) in [6.45, 7) is 12.4. The quantitative estimate of drug-likeness (QED) is 0.352. The van der Waals surface area contributed by atoms with Gasteiger partial charge in [-0.25, -0.2) is 4.99 Å². The monoisotopic (exact) mass is 311 g/mol. The van der Waals surface area contributed by atoms with Crippen LogP contribution in [0, 0.1) is 5.92 Å². The number of nitrogens with zero attached hydrogens (tertiary/aromatic N) is 2. The average molecular weight is 311 g/mol. The topological polar surface area (TPSA) is 68.8 Å². The van der Waals surface area contributed by atoms with Gasteiger partial charge in [0.25, 0.3) is 0 Å². The Kier molecular flexibility index (Phi) is 9.62. The summed E-state index contributed by atoms with van der Waals surface area (Å²) in [6.07, 6.45) is 3.74. The van der Waals surface area contributed by atoms with Crippen LogP contribution in [0.5, 0.6) is 0 Å². The van der Waals surface area contributed by atoms with Crippen LogP contribution in [0.25, 0.3) is 0 Å². The second kappa shape index (κ2) is 11.3. The molecule has 22 heavy (non-hydrogen) atoms. The highest BCUT2D eigenvalue weighted by molar-refractivity contribution is 5.84. The molecule has 0 atom stereocenters. The first-order valence-corrected chi connectivity index (χ1v) is 8.66. The fourth-order valence-corrected chi connectivity index (χ4v) is 2.54. The highest BCUT2D eigenvalue weighted by atomic mass is 16.1. The van der Waals surface area contributed by atoms with Crippen molar-refractivity contribution in [2.45, 2.75) is 40.0 Å². The van der Waals surface area contributed by atoms with Crippen molar-refractivity contribution < 1.29 is 4.79 Å². The Morgan fingerprint density at radius 3 is 2.45 bits per heavy atom. The molecule has 1 heterocycles. The molecule has 128 valence electrons. The molecule has 0 aromatic rings. The number of rotatable bonds is 8. The van der Waals surface area contributed by atoms with Crippen LogP contribution in [-0.4, -0.2) is 62.6 Å². The standard InChI is InChI=1S/C16H33N5O/c1-4-17-15(22)13-20-16(18-5-2)19-9-6-10-21-11-7-14(3)8-12-21/h14H,4-13H2,1-3H3,(H,17,22)(H2,18,19,20). The maximum atomic E-state index is 11.4. The van der Waals surface area contributed by atoms with Gasteiger partial charge < -0.3 is 20.9 Å². The van der Waals surface area contributed by atoms with Crippen LogP contribution in [0.3, 0.4) is 0 Å². The summed E-state index contributed by atoms with van der Waals surface area (Å²) in [6, 6.07) is 0. The number of likely N-dealkylation sites (N-methyl/N-ethyl adjacent to an activating group) is 1. The number of hydrogen-bond donors (Lipinski definition) is 3. The molecule has 3 N–H and O–H groups in total. The van der Waals surface area contributed by atoms with Gasteiger partial charge >= 0.3 is 0 Å². The third kappa shape index (κ3) is 8.22. The molecule has 0 aromatic heterocycles. The van der Waals surface area contributed by atoms with E-state index in [4.69, 9.17) is 0 Å². The Morgan fingerprint density at radius 1 is 1.14 bits per heavy atom. The zero-order valence-electron chi connectivity index (χ0n) is 14.5. The minimum atomic E-state index is -0.0397. The molecule has 0 saturated carbocycles. The molecular weight excluding hydrogens is 278 g/mol. The summed E-state index contributed by atoms with van der Waals surface area (Å²) in [5.74, 6) is 1.57. The van der Waals surface area contributed by atoms with E-state index >= 15 is 0 Å². The van der Waals surface area contributed by atoms with Gasteiger partial charge in [-0.1, -0.05) is 6.92 Å². The Labute approximate surface area is 135 Å². The molecule has 0 radical (unpaired) electrons. The molecule has 0 aliphatic carbocycles. The number of aliphatic imine (C=N–C) groups is 1. The highest BCUT2D eigenvalue weighted by Gasteiger charge is 2.14. The number of carbonyl (C=O) groups excluding carboxylic acids is 1. The minimum absolute atomic E-state index is 0.0397. The third-order valence-electron chi connectivity index (χ3n) is 3.92. The van der Waals surface area contributed by atoms with Crippen molar-refractivity contribution in [3.8, 4) is 0 Å². The van der Waals surface area contributed by atoms with Gasteiger partial charge in [0.1, 0.15) is 6.54 Å². The Hall–Kier alpha value is -1.30. The number of piperidine rings is 1. The van der Waals surface area contributed by atoms with Gasteiger partial charge in [-0.05, 0) is 58.7 Å². The number of nitrogens with one attached hydrogen (secondary N) is 3. The van der Waals surface area contributed by atoms with E-state index in [1.54, 1.807) is 0 Å². The summed E-state index contributed by atoms with van der Waals surface area (Å²) >= 11 is 0. The maximum absolute atomic E-state index is 11.4. The third-order valence-corrected chi connectivity index (χ3v) is 3.92. The van der Waals surface area contributed by atoms with Gasteiger partial charge in [-0.2, -0.15) is 0 Å². The van der Waals surface area contributed by atoms with E-state index in [1.807, 2.05) is 13.8 Å². The van der Waals surface area contributed by atoms with Gasteiger partial charge in [-0.3, -0.25) is 4.79 Å². The summed E-state index contributed by atoms with van der Waals surface area (Å²) in [5.41, 5.74) is 0. The first kappa shape index (κ1) is 18.7. The summed E-state index contributed by atoms with van der Waals surface area (Å²) < 4.78 is 0. The van der Waals surface area contributed by atoms with Crippen molar-refractivity contribution in [3.05, 3.63) is 0 Å². The van der Waals surface area contributed by atoms with Crippen LogP contribution >= 0.6 is 0 Å². The van der Waals surface area contributed by atoms with Crippen molar-refractivity contribution in [3.63, 3.8) is 0 Å². The van der Waals surface area contributed by atoms with Gasteiger partial charge in [0.05, 0.1) is 0 Å². The van der Waals surface area contributed by atoms with E-state index in [0.29, 0.717) is 6.54 Å². The van der Waals surface area contributed by atoms with E-state index in [0.717, 1.165) is 37.9 Å². The zero-order chi connectivity index (χ0) is 16.2. The smallest absolute Gasteiger partial charge is 0.241 e. The minimum Gasteiger partial charge on any atom is -0.357 e. The number of guanidine groups is 1. The number of amides is 1. The molecule has 1 saturated heterocycles. The average Bonchev–Trinajstić information content (AvgIpc) is 2.51. The van der Waals surface area contributed by atoms with E-state index < -0.39 is 0 Å². The molecule has 6 heteroatoms. The van der Waals surface area contributed by atoms with Crippen molar-refractivity contribution in [2.24, 2.45) is 10.9 Å². The lowest BCUT2D eigenvalue weighted by Gasteiger charge is -2.30. The molecule has 1 fully saturated rings. The van der Waals surface area contributed by atoms with Gasteiger partial charge in [-0.15, -0.1) is 0 Å². The van der Waals surface area contributed by atoms with Crippen LogP contribution in [0.15, 0.2) is 4.99 Å². The van der Waals surface area contributed by atoms with Crippen LogP contribution in [0.4, 0.5) is 0 Å². The predicted molar refractivity (Wildman–Crippen MR) is 92.1 cm³/mol. The van der Waals surface area contributed by atoms with Crippen LogP contribution < -0.4 is 16.0 Å². The SMILES string of the molecule is CCNC(=O)CN=C(NCC)NCCCN1CCC(C)CC1. The lowest BCUT2D eigenvalue weighted by atomic mass is 9.99. The lowest BCUT2D eigenvalue weighted by molar-refractivity contribution is -0.119. The van der Waals surface area contributed by atoms with Crippen molar-refractivity contribution in [1.29, 1.82) is 0 Å². The van der Waals surface area contributed by atoms with Crippen molar-refractivity contribution >= 4 is 11.9 Å². The van der Waals surface area contributed by atoms with Crippen LogP contribution in [0.2, 0.25) is 0 Å². The zero-order valence-corrected chi connectivity index (χ0v) is 14.5. The molecule has 1 aliphatic rings. The predicted octanol–water partition coefficient (Wildman–Crippen LogP) is 0.800. The summed E-state index contributed by atoms with van der Waals surface area (Å²) in [4.78, 5) is 18.3. The largest absolute Gasteiger partial charge is 0.357 e. The molecule has 1 aliphatic heterocycles. The van der Waals surface area contributed by atoms with Crippen LogP contribution in [-0.2, 0) is 4.79 Å². The van der Waals surface area contributed by atoms with E-state index in [2.05, 4.69) is 32.8 Å². The van der Waals surface area contributed by atoms with Gasteiger partial charge in [0.15, 0.2) is 5.96 Å². The molecular formula is C16H33N5O. The van der Waals surface area contributed by atoms with E-state index in [9.17, 15) is 4.79 Å². The van der Waals surface area contributed by atoms with Crippen molar-refractivity contribution in [1.82, 2.24) is 20.9 Å². The first-order valence-electron chi connectivity index (χ1n) is 8.66. The second-order valence-electron chi connectivity index (χ2n) is 5.95. The van der Waals surface area contributed by atoms with Crippen LogP contribution in [0.1, 0.15) is 40.0 Å². The molecule has 0 spiro atoms. The fraction of sp³-hybridized carbons (Fsp3) is 0.875. The molecule has 1 amide bonds. The molecule has 0 aromatic carbocycles. The van der Waals surface area contributed by atoms with Gasteiger partial charge in [0.2, 0.25) is 5.91 Å². The number of hydrogen-bond acceptors (Lipinski definition) is 3. The molecule has 0 unspecified atom stereocenters. The maximum Gasteiger partial charge on any atom is 0.241 e. The molecule has 1 rings (SSSR count).